The van der Waals surface area contributed by atoms with Gasteiger partial charge in [0.25, 0.3) is 0 Å². The number of nitrogens with zero attached hydrogens (tertiary/aromatic N) is 1. The van der Waals surface area contributed by atoms with E-state index >= 15 is 0 Å². The molecule has 26 heavy (non-hydrogen) atoms. The number of amides is 2. The van der Waals surface area contributed by atoms with E-state index < -0.39 is 0 Å². The Bertz CT molecular complexity index is 588. The predicted molar refractivity (Wildman–Crippen MR) is 100.0 cm³/mol. The Morgan fingerprint density at radius 3 is 2.62 bits per heavy atom. The highest BCUT2D eigenvalue weighted by Crippen LogP contribution is 2.39. The number of carbonyl (C=O) groups is 2. The smallest absolute Gasteiger partial charge is 0.226 e. The highest BCUT2D eigenvalue weighted by atomic mass is 16.5. The third kappa shape index (κ3) is 4.97. The van der Waals surface area contributed by atoms with Crippen molar-refractivity contribution in [2.24, 2.45) is 5.92 Å². The molecule has 0 aromatic heterocycles. The Morgan fingerprint density at radius 1 is 1.27 bits per heavy atom. The molecule has 0 saturated carbocycles. The van der Waals surface area contributed by atoms with E-state index in [9.17, 15) is 9.59 Å². The van der Waals surface area contributed by atoms with Crippen molar-refractivity contribution in [1.82, 2.24) is 10.2 Å². The molecule has 1 aliphatic heterocycles. The maximum Gasteiger partial charge on any atom is 0.226 e. The molecule has 0 spiro atoms. The summed E-state index contributed by atoms with van der Waals surface area (Å²) in [6.45, 7) is 6.26. The molecule has 2 rings (SSSR count). The van der Waals surface area contributed by atoms with Crippen molar-refractivity contribution in [3.63, 3.8) is 0 Å². The zero-order chi connectivity index (χ0) is 18.9. The van der Waals surface area contributed by atoms with E-state index in [0.717, 1.165) is 24.2 Å². The van der Waals surface area contributed by atoms with Gasteiger partial charge in [-0.1, -0.05) is 25.5 Å². The number of methoxy groups -OCH3 is 1. The summed E-state index contributed by atoms with van der Waals surface area (Å²) in [5.74, 6) is 0.340. The van der Waals surface area contributed by atoms with Crippen LogP contribution in [0.1, 0.15) is 44.7 Å². The second-order valence-corrected chi connectivity index (χ2v) is 6.46. The molecular weight excluding hydrogens is 332 g/mol. The second kappa shape index (κ2) is 10.2. The molecule has 6 heteroatoms. The number of likely N-dealkylation sites (tertiary alicyclic amines) is 1. The van der Waals surface area contributed by atoms with E-state index in [1.807, 2.05) is 36.1 Å². The number of ether oxygens (including phenoxy) is 2. The summed E-state index contributed by atoms with van der Waals surface area (Å²) >= 11 is 0. The summed E-state index contributed by atoms with van der Waals surface area (Å²) in [5.41, 5.74) is 0.970. The average molecular weight is 362 g/mol. The fourth-order valence-corrected chi connectivity index (χ4v) is 3.35. The van der Waals surface area contributed by atoms with Gasteiger partial charge in [0.15, 0.2) is 0 Å². The summed E-state index contributed by atoms with van der Waals surface area (Å²) in [7, 11) is 1.62. The maximum absolute atomic E-state index is 12.7. The lowest BCUT2D eigenvalue weighted by molar-refractivity contribution is -0.129. The van der Waals surface area contributed by atoms with Crippen LogP contribution < -0.4 is 10.1 Å². The van der Waals surface area contributed by atoms with E-state index in [0.29, 0.717) is 26.3 Å². The monoisotopic (exact) mass is 362 g/mol. The van der Waals surface area contributed by atoms with E-state index in [-0.39, 0.29) is 30.2 Å². The summed E-state index contributed by atoms with van der Waals surface area (Å²) in [6, 6.07) is 7.41. The number of hydrogen-bond acceptors (Lipinski definition) is 4. The molecule has 2 atom stereocenters. The van der Waals surface area contributed by atoms with E-state index in [2.05, 4.69) is 12.2 Å². The van der Waals surface area contributed by atoms with Crippen LogP contribution in [0.3, 0.4) is 0 Å². The molecule has 0 aliphatic carbocycles. The largest absolute Gasteiger partial charge is 0.497 e. The van der Waals surface area contributed by atoms with Crippen molar-refractivity contribution >= 4 is 11.8 Å². The number of benzene rings is 1. The van der Waals surface area contributed by atoms with Gasteiger partial charge in [-0.2, -0.15) is 0 Å². The third-order valence-electron chi connectivity index (χ3n) is 4.73. The van der Waals surface area contributed by atoms with Crippen molar-refractivity contribution < 1.29 is 19.1 Å². The van der Waals surface area contributed by atoms with Crippen LogP contribution in [0.2, 0.25) is 0 Å². The molecule has 0 radical (unpaired) electrons. The van der Waals surface area contributed by atoms with Crippen LogP contribution >= 0.6 is 0 Å². The van der Waals surface area contributed by atoms with Crippen LogP contribution in [0, 0.1) is 5.92 Å². The van der Waals surface area contributed by atoms with Gasteiger partial charge in [-0.05, 0) is 31.0 Å². The van der Waals surface area contributed by atoms with E-state index in [1.54, 1.807) is 7.11 Å². The van der Waals surface area contributed by atoms with E-state index in [4.69, 9.17) is 9.47 Å². The van der Waals surface area contributed by atoms with Gasteiger partial charge in [-0.25, -0.2) is 0 Å². The summed E-state index contributed by atoms with van der Waals surface area (Å²) in [5, 5.41) is 2.91. The molecule has 1 fully saturated rings. The standard InChI is InChI=1S/C20H30N2O4/c1-4-6-12-22-18(23)14-17(20(24)21-11-13-26-5-2)19(22)15-7-9-16(25-3)10-8-15/h7-10,17,19H,4-6,11-14H2,1-3H3,(H,21,24). The van der Waals surface area contributed by atoms with Crippen LogP contribution in [0.5, 0.6) is 5.75 Å². The fraction of sp³-hybridized carbons (Fsp3) is 0.600. The zero-order valence-electron chi connectivity index (χ0n) is 16.0. The molecule has 0 bridgehead atoms. The van der Waals surface area contributed by atoms with Gasteiger partial charge in [0, 0.05) is 26.1 Å². The molecular formula is C20H30N2O4. The SMILES string of the molecule is CCCCN1C(=O)CC(C(=O)NCCOCC)C1c1ccc(OC)cc1. The zero-order valence-corrected chi connectivity index (χ0v) is 16.0. The van der Waals surface area contributed by atoms with Gasteiger partial charge in [-0.15, -0.1) is 0 Å². The highest BCUT2D eigenvalue weighted by Gasteiger charge is 2.43. The van der Waals surface area contributed by atoms with Crippen LogP contribution in [-0.2, 0) is 14.3 Å². The lowest BCUT2D eigenvalue weighted by Gasteiger charge is -2.28. The van der Waals surface area contributed by atoms with Crippen LogP contribution in [0.4, 0.5) is 0 Å². The number of carbonyl (C=O) groups excluding carboxylic acids is 2. The van der Waals surface area contributed by atoms with Crippen molar-refractivity contribution in [2.45, 2.75) is 39.2 Å². The number of hydrogen-bond donors (Lipinski definition) is 1. The number of unbranched alkanes of at least 4 members (excludes halogenated alkanes) is 1. The number of rotatable bonds is 10. The molecule has 1 N–H and O–H groups in total. The molecule has 2 amide bonds. The molecule has 1 aliphatic rings. The van der Waals surface area contributed by atoms with Gasteiger partial charge in [0.1, 0.15) is 5.75 Å². The van der Waals surface area contributed by atoms with Gasteiger partial charge < -0.3 is 19.7 Å². The lowest BCUT2D eigenvalue weighted by atomic mass is 9.92. The Kier molecular flexibility index (Phi) is 7.91. The topological polar surface area (TPSA) is 67.9 Å². The van der Waals surface area contributed by atoms with Crippen LogP contribution in [-0.4, -0.2) is 50.1 Å². The third-order valence-corrected chi connectivity index (χ3v) is 4.73. The molecule has 1 aromatic carbocycles. The first kappa shape index (κ1) is 20.2. The van der Waals surface area contributed by atoms with Gasteiger partial charge >= 0.3 is 0 Å². The summed E-state index contributed by atoms with van der Waals surface area (Å²) < 4.78 is 10.5. The van der Waals surface area contributed by atoms with Crippen molar-refractivity contribution in [1.29, 1.82) is 0 Å². The molecule has 1 saturated heterocycles. The van der Waals surface area contributed by atoms with Crippen LogP contribution in [0.25, 0.3) is 0 Å². The second-order valence-electron chi connectivity index (χ2n) is 6.46. The van der Waals surface area contributed by atoms with Gasteiger partial charge in [0.05, 0.1) is 25.7 Å². The minimum atomic E-state index is -0.380. The van der Waals surface area contributed by atoms with Crippen molar-refractivity contribution in [2.75, 3.05) is 33.4 Å². The van der Waals surface area contributed by atoms with Gasteiger partial charge in [-0.3, -0.25) is 9.59 Å². The van der Waals surface area contributed by atoms with Crippen molar-refractivity contribution in [3.8, 4) is 5.75 Å². The Balaban J connectivity index is 2.18. The quantitative estimate of drug-likeness (QED) is 0.650. The molecule has 6 nitrogen and oxygen atoms in total. The first-order valence-electron chi connectivity index (χ1n) is 9.41. The van der Waals surface area contributed by atoms with Crippen LogP contribution in [0.15, 0.2) is 24.3 Å². The predicted octanol–water partition coefficient (Wildman–Crippen LogP) is 2.54. The number of nitrogens with one attached hydrogen (secondary N) is 1. The molecule has 2 unspecified atom stereocenters. The van der Waals surface area contributed by atoms with E-state index in [1.165, 1.54) is 0 Å². The molecule has 1 heterocycles. The van der Waals surface area contributed by atoms with Crippen molar-refractivity contribution in [3.05, 3.63) is 29.8 Å². The average Bonchev–Trinajstić information content (AvgIpc) is 2.99. The Morgan fingerprint density at radius 2 is 2.00 bits per heavy atom. The maximum atomic E-state index is 12.7. The van der Waals surface area contributed by atoms with Gasteiger partial charge in [0.2, 0.25) is 11.8 Å². The minimum absolute atomic E-state index is 0.0456. The fourth-order valence-electron chi connectivity index (χ4n) is 3.35. The Labute approximate surface area is 155 Å². The Hall–Kier alpha value is -2.08. The molecule has 1 aromatic rings. The summed E-state index contributed by atoms with van der Waals surface area (Å²) in [4.78, 5) is 27.1. The first-order chi connectivity index (χ1) is 12.6. The molecule has 144 valence electrons. The summed E-state index contributed by atoms with van der Waals surface area (Å²) in [6.07, 6.45) is 2.18. The highest BCUT2D eigenvalue weighted by molar-refractivity contribution is 5.90. The normalized spacial score (nSPS) is 19.7. The minimum Gasteiger partial charge on any atom is -0.497 e. The first-order valence-corrected chi connectivity index (χ1v) is 9.41. The lowest BCUT2D eigenvalue weighted by Crippen LogP contribution is -2.37.